The Hall–Kier alpha value is -1.59. The predicted octanol–water partition coefficient (Wildman–Crippen LogP) is 4.59. The van der Waals surface area contributed by atoms with Crippen molar-refractivity contribution in [3.8, 4) is 0 Å². The molecule has 4 aliphatic carbocycles. The molecular formula is C25H38O6. The van der Waals surface area contributed by atoms with Crippen molar-refractivity contribution in [2.45, 2.75) is 96.7 Å². The van der Waals surface area contributed by atoms with Crippen LogP contribution in [0.3, 0.4) is 0 Å². The normalized spacial score (nSPS) is 46.2. The molecule has 6 nitrogen and oxygen atoms in total. The molecule has 0 bridgehead atoms. The van der Waals surface area contributed by atoms with E-state index in [0.717, 1.165) is 57.8 Å². The molecule has 6 heteroatoms. The first kappa shape index (κ1) is 22.6. The van der Waals surface area contributed by atoms with Gasteiger partial charge in [-0.25, -0.2) is 0 Å². The highest BCUT2D eigenvalue weighted by atomic mass is 16.5. The van der Waals surface area contributed by atoms with Gasteiger partial charge >= 0.3 is 5.97 Å². The molecule has 4 aliphatic rings. The number of hydrogen-bond donors (Lipinski definition) is 1. The quantitative estimate of drug-likeness (QED) is 0.562. The van der Waals surface area contributed by atoms with Crippen molar-refractivity contribution in [1.29, 1.82) is 0 Å². The van der Waals surface area contributed by atoms with Gasteiger partial charge in [0, 0.05) is 12.3 Å². The number of carbonyl (C=O) groups is 3. The second kappa shape index (κ2) is 8.74. The van der Waals surface area contributed by atoms with Gasteiger partial charge in [0.05, 0.1) is 0 Å². The molecule has 9 atom stereocenters. The van der Waals surface area contributed by atoms with Crippen LogP contribution in [0.1, 0.15) is 84.5 Å². The van der Waals surface area contributed by atoms with Crippen LogP contribution in [-0.2, 0) is 23.9 Å². The number of ether oxygens (including phenoxy) is 2. The first-order valence-corrected chi connectivity index (χ1v) is 12.2. The van der Waals surface area contributed by atoms with Gasteiger partial charge in [0.1, 0.15) is 12.2 Å². The number of aliphatic carboxylic acids is 1. The molecule has 4 rings (SSSR count). The molecule has 31 heavy (non-hydrogen) atoms. The second-order valence-corrected chi connectivity index (χ2v) is 11.2. The van der Waals surface area contributed by atoms with Crippen LogP contribution in [0.5, 0.6) is 0 Å². The zero-order valence-electron chi connectivity index (χ0n) is 19.0. The number of rotatable bonds is 8. The molecule has 0 aromatic carbocycles. The van der Waals surface area contributed by atoms with Crippen molar-refractivity contribution < 1.29 is 29.0 Å². The molecule has 0 aromatic rings. The average Bonchev–Trinajstić information content (AvgIpc) is 3.05. The van der Waals surface area contributed by atoms with Gasteiger partial charge in [-0.05, 0) is 98.7 Å². The SMILES string of the molecule is C[C@]12CC[C@@H](OC=O)C[C@H]1C[C@@H](OC=O)[C@@H]1[C@@H]2CC[C@]2(C)[C@@H](CCCC(=O)O)CC[C@@H]12. The highest BCUT2D eigenvalue weighted by molar-refractivity contribution is 5.66. The van der Waals surface area contributed by atoms with Crippen LogP contribution >= 0.6 is 0 Å². The van der Waals surface area contributed by atoms with E-state index in [1.807, 2.05) is 0 Å². The molecule has 4 saturated carbocycles. The molecule has 0 radical (unpaired) electrons. The molecule has 1 N–H and O–H groups in total. The Kier molecular flexibility index (Phi) is 6.37. The lowest BCUT2D eigenvalue weighted by atomic mass is 9.44. The van der Waals surface area contributed by atoms with E-state index in [2.05, 4.69) is 13.8 Å². The number of hydrogen-bond acceptors (Lipinski definition) is 5. The fourth-order valence-corrected chi connectivity index (χ4v) is 8.66. The maximum Gasteiger partial charge on any atom is 0.303 e. The maximum atomic E-state index is 11.4. The number of fused-ring (bicyclic) bond motifs is 5. The Bertz CT molecular complexity index is 693. The summed E-state index contributed by atoms with van der Waals surface area (Å²) in [5.41, 5.74) is 0.421. The Morgan fingerprint density at radius 1 is 0.968 bits per heavy atom. The Balaban J connectivity index is 1.56. The lowest BCUT2D eigenvalue weighted by molar-refractivity contribution is -0.189. The van der Waals surface area contributed by atoms with Gasteiger partial charge in [-0.15, -0.1) is 0 Å². The van der Waals surface area contributed by atoms with Crippen LogP contribution in [0.25, 0.3) is 0 Å². The van der Waals surface area contributed by atoms with E-state index in [-0.39, 0.29) is 29.5 Å². The molecule has 0 spiro atoms. The number of carboxylic acid groups (broad SMARTS) is 1. The van der Waals surface area contributed by atoms with Crippen molar-refractivity contribution in [2.24, 2.45) is 40.4 Å². The molecule has 0 amide bonds. The minimum atomic E-state index is -0.705. The summed E-state index contributed by atoms with van der Waals surface area (Å²) in [4.78, 5) is 33.3. The summed E-state index contributed by atoms with van der Waals surface area (Å²) in [6.07, 6.45) is 10.3. The fraction of sp³-hybridized carbons (Fsp3) is 0.880. The van der Waals surface area contributed by atoms with E-state index in [1.165, 1.54) is 6.42 Å². The van der Waals surface area contributed by atoms with Crippen LogP contribution in [0, 0.1) is 40.4 Å². The Morgan fingerprint density at radius 3 is 2.39 bits per heavy atom. The third kappa shape index (κ3) is 3.89. The first-order chi connectivity index (χ1) is 14.8. The van der Waals surface area contributed by atoms with Gasteiger partial charge in [0.25, 0.3) is 12.9 Å². The van der Waals surface area contributed by atoms with Gasteiger partial charge in [-0.2, -0.15) is 0 Å². The number of carbonyl (C=O) groups excluding carboxylic acids is 2. The zero-order valence-corrected chi connectivity index (χ0v) is 19.0. The standard InChI is InChI=1S/C25H38O6/c1-24-11-9-20-23(19(24)7-6-16(24)4-3-5-22(28)29)21(31-15-27)13-17-12-18(30-14-26)8-10-25(17,20)2/h14-21,23H,3-13H2,1-2H3,(H,28,29)/t16-,17-,18+,19-,20-,21+,23-,24+,25-/m0/s1. The largest absolute Gasteiger partial charge is 0.481 e. The van der Waals surface area contributed by atoms with Gasteiger partial charge < -0.3 is 14.6 Å². The van der Waals surface area contributed by atoms with Crippen LogP contribution < -0.4 is 0 Å². The van der Waals surface area contributed by atoms with Gasteiger partial charge in [-0.3, -0.25) is 14.4 Å². The van der Waals surface area contributed by atoms with Crippen LogP contribution in [0.2, 0.25) is 0 Å². The molecule has 174 valence electrons. The van der Waals surface area contributed by atoms with Crippen molar-refractivity contribution in [3.63, 3.8) is 0 Å². The summed E-state index contributed by atoms with van der Waals surface area (Å²) in [6, 6.07) is 0. The molecule has 0 aliphatic heterocycles. The predicted molar refractivity (Wildman–Crippen MR) is 114 cm³/mol. The average molecular weight is 435 g/mol. The third-order valence-electron chi connectivity index (χ3n) is 10.2. The second-order valence-electron chi connectivity index (χ2n) is 11.2. The molecule has 0 heterocycles. The van der Waals surface area contributed by atoms with E-state index in [0.29, 0.717) is 42.5 Å². The molecular weight excluding hydrogens is 396 g/mol. The molecule has 0 unspecified atom stereocenters. The van der Waals surface area contributed by atoms with Crippen molar-refractivity contribution in [1.82, 2.24) is 0 Å². The van der Waals surface area contributed by atoms with Crippen LogP contribution in [-0.4, -0.2) is 36.2 Å². The molecule has 4 fully saturated rings. The summed E-state index contributed by atoms with van der Waals surface area (Å²) in [6.45, 7) is 6.07. The monoisotopic (exact) mass is 434 g/mol. The Morgan fingerprint density at radius 2 is 1.68 bits per heavy atom. The third-order valence-corrected chi connectivity index (χ3v) is 10.2. The zero-order chi connectivity index (χ0) is 22.2. The van der Waals surface area contributed by atoms with Gasteiger partial charge in [-0.1, -0.05) is 13.8 Å². The molecule has 0 aromatic heterocycles. The molecule has 0 saturated heterocycles. The van der Waals surface area contributed by atoms with Gasteiger partial charge in [0.2, 0.25) is 0 Å². The summed E-state index contributed by atoms with van der Waals surface area (Å²) in [7, 11) is 0. The first-order valence-electron chi connectivity index (χ1n) is 12.2. The minimum Gasteiger partial charge on any atom is -0.481 e. The number of carboxylic acids is 1. The van der Waals surface area contributed by atoms with E-state index >= 15 is 0 Å². The summed E-state index contributed by atoms with van der Waals surface area (Å²) in [5.74, 6) is 1.73. The topological polar surface area (TPSA) is 89.9 Å². The van der Waals surface area contributed by atoms with Crippen LogP contribution in [0.4, 0.5) is 0 Å². The minimum absolute atomic E-state index is 0.0111. The Labute approximate surface area is 185 Å². The van der Waals surface area contributed by atoms with E-state index in [9.17, 15) is 14.4 Å². The summed E-state index contributed by atoms with van der Waals surface area (Å²) < 4.78 is 11.1. The highest BCUT2D eigenvalue weighted by Crippen LogP contribution is 2.68. The van der Waals surface area contributed by atoms with E-state index in [1.54, 1.807) is 0 Å². The van der Waals surface area contributed by atoms with Crippen molar-refractivity contribution in [2.75, 3.05) is 0 Å². The maximum absolute atomic E-state index is 11.4. The lowest BCUT2D eigenvalue weighted by Gasteiger charge is -2.62. The summed E-state index contributed by atoms with van der Waals surface area (Å²) >= 11 is 0. The van der Waals surface area contributed by atoms with Crippen molar-refractivity contribution >= 4 is 18.9 Å². The smallest absolute Gasteiger partial charge is 0.303 e. The van der Waals surface area contributed by atoms with E-state index < -0.39 is 5.97 Å². The summed E-state index contributed by atoms with van der Waals surface area (Å²) in [5, 5.41) is 9.05. The lowest BCUT2D eigenvalue weighted by Crippen LogP contribution is -2.59. The van der Waals surface area contributed by atoms with Gasteiger partial charge in [0.15, 0.2) is 0 Å². The fourth-order valence-electron chi connectivity index (χ4n) is 8.66. The highest BCUT2D eigenvalue weighted by Gasteiger charge is 2.63. The van der Waals surface area contributed by atoms with Crippen molar-refractivity contribution in [3.05, 3.63) is 0 Å². The van der Waals surface area contributed by atoms with Crippen LogP contribution in [0.15, 0.2) is 0 Å². The van der Waals surface area contributed by atoms with E-state index in [4.69, 9.17) is 14.6 Å².